The minimum atomic E-state index is -0.586. The minimum Gasteiger partial charge on any atom is -0.494 e. The zero-order valence-electron chi connectivity index (χ0n) is 15.1. The van der Waals surface area contributed by atoms with E-state index in [1.54, 1.807) is 13.8 Å². The lowest BCUT2D eigenvalue weighted by molar-refractivity contribution is -0.908. The van der Waals surface area contributed by atoms with Gasteiger partial charge in [-0.2, -0.15) is 0 Å². The molecule has 7 nitrogen and oxygen atoms in total. The number of hydrogen-bond acceptors (Lipinski definition) is 3. The van der Waals surface area contributed by atoms with Crippen LogP contribution in [0.25, 0.3) is 10.9 Å². The van der Waals surface area contributed by atoms with Crippen LogP contribution in [-0.4, -0.2) is 33.2 Å². The molecule has 2 atom stereocenters. The number of hydrogen-bond donors (Lipinski definition) is 4. The summed E-state index contributed by atoms with van der Waals surface area (Å²) >= 11 is 0. The maximum atomic E-state index is 12.6. The summed E-state index contributed by atoms with van der Waals surface area (Å²) in [6, 6.07) is 7.43. The van der Waals surface area contributed by atoms with Crippen LogP contribution in [0.5, 0.6) is 5.88 Å². The number of nitrogens with one attached hydrogen (secondary N) is 3. The minimum absolute atomic E-state index is 0.239. The normalized spacial score (nSPS) is 19.8. The first-order valence-corrected chi connectivity index (χ1v) is 8.89. The van der Waals surface area contributed by atoms with Crippen molar-refractivity contribution in [3.05, 3.63) is 61.9 Å². The van der Waals surface area contributed by atoms with Gasteiger partial charge in [0, 0.05) is 23.4 Å². The summed E-state index contributed by atoms with van der Waals surface area (Å²) in [5.41, 5.74) is 2.26. The van der Waals surface area contributed by atoms with Crippen molar-refractivity contribution in [2.24, 2.45) is 0 Å². The van der Waals surface area contributed by atoms with Crippen molar-refractivity contribution in [2.75, 3.05) is 13.6 Å². The number of aromatic nitrogens is 3. The van der Waals surface area contributed by atoms with Crippen LogP contribution >= 0.6 is 0 Å². The zero-order chi connectivity index (χ0) is 18.6. The number of fused-ring (bicyclic) bond motifs is 3. The summed E-state index contributed by atoms with van der Waals surface area (Å²) in [7, 11) is 2.00. The van der Waals surface area contributed by atoms with Crippen molar-refractivity contribution in [1.82, 2.24) is 14.5 Å². The highest BCUT2D eigenvalue weighted by atomic mass is 16.3. The molecule has 4 rings (SSSR count). The van der Waals surface area contributed by atoms with Crippen LogP contribution in [0.3, 0.4) is 0 Å². The van der Waals surface area contributed by atoms with Crippen molar-refractivity contribution in [1.29, 1.82) is 0 Å². The lowest BCUT2D eigenvalue weighted by atomic mass is 9.93. The van der Waals surface area contributed by atoms with Crippen LogP contribution in [-0.2, 0) is 6.42 Å². The van der Waals surface area contributed by atoms with Gasteiger partial charge in [0.2, 0.25) is 5.88 Å². The predicted octanol–water partition coefficient (Wildman–Crippen LogP) is 0.465. The van der Waals surface area contributed by atoms with Crippen molar-refractivity contribution in [3.8, 4) is 5.88 Å². The smallest absolute Gasteiger partial charge is 0.331 e. The number of quaternary nitrogens is 1. The van der Waals surface area contributed by atoms with Gasteiger partial charge in [-0.25, -0.2) is 4.79 Å². The van der Waals surface area contributed by atoms with Crippen molar-refractivity contribution < 1.29 is 10.0 Å². The lowest BCUT2D eigenvalue weighted by Crippen LogP contribution is -3.10. The Morgan fingerprint density at radius 1 is 1.23 bits per heavy atom. The van der Waals surface area contributed by atoms with Gasteiger partial charge in [-0.15, -0.1) is 0 Å². The fourth-order valence-electron chi connectivity index (χ4n) is 4.13. The quantitative estimate of drug-likeness (QED) is 0.538. The molecule has 0 aliphatic carbocycles. The Morgan fingerprint density at radius 3 is 2.69 bits per heavy atom. The van der Waals surface area contributed by atoms with Crippen LogP contribution in [0.1, 0.15) is 42.8 Å². The Kier molecular flexibility index (Phi) is 3.77. The number of aromatic amines is 2. The van der Waals surface area contributed by atoms with Crippen LogP contribution < -0.4 is 16.1 Å². The Bertz CT molecular complexity index is 1110. The summed E-state index contributed by atoms with van der Waals surface area (Å²) in [6.45, 7) is 4.43. The number of aromatic hydroxyl groups is 1. The number of benzene rings is 1. The SMILES string of the molecule is CC(C)n1c(O)c([C@@H]2c3[nH]c4ccccc4c3CC[NH+]2C)c(=O)[nH]c1=O. The maximum Gasteiger partial charge on any atom is 0.331 e. The van der Waals surface area contributed by atoms with E-state index in [4.69, 9.17) is 0 Å². The highest BCUT2D eigenvalue weighted by Gasteiger charge is 2.37. The Hall–Kier alpha value is -2.80. The van der Waals surface area contributed by atoms with Gasteiger partial charge in [0.05, 0.1) is 19.3 Å². The largest absolute Gasteiger partial charge is 0.494 e. The third-order valence-corrected chi connectivity index (χ3v) is 5.36. The molecule has 1 unspecified atom stereocenters. The van der Waals surface area contributed by atoms with E-state index < -0.39 is 11.2 Å². The van der Waals surface area contributed by atoms with Gasteiger partial charge in [-0.05, 0) is 25.5 Å². The first-order valence-electron chi connectivity index (χ1n) is 8.89. The van der Waals surface area contributed by atoms with Gasteiger partial charge in [-0.3, -0.25) is 14.3 Å². The van der Waals surface area contributed by atoms with Crippen molar-refractivity contribution in [3.63, 3.8) is 0 Å². The average molecular weight is 355 g/mol. The van der Waals surface area contributed by atoms with E-state index in [0.29, 0.717) is 0 Å². The van der Waals surface area contributed by atoms with Gasteiger partial charge in [0.1, 0.15) is 5.56 Å². The van der Waals surface area contributed by atoms with Gasteiger partial charge >= 0.3 is 5.69 Å². The summed E-state index contributed by atoms with van der Waals surface area (Å²) in [6.07, 6.45) is 0.893. The van der Waals surface area contributed by atoms with E-state index in [1.165, 1.54) is 10.1 Å². The third-order valence-electron chi connectivity index (χ3n) is 5.36. The lowest BCUT2D eigenvalue weighted by Gasteiger charge is -2.30. The number of rotatable bonds is 2. The number of H-pyrrole nitrogens is 2. The average Bonchev–Trinajstić information content (AvgIpc) is 2.94. The molecule has 2 aromatic heterocycles. The maximum absolute atomic E-state index is 12.6. The topological polar surface area (TPSA) is 95.3 Å². The molecule has 1 aliphatic rings. The van der Waals surface area contributed by atoms with Gasteiger partial charge in [0.25, 0.3) is 5.56 Å². The summed E-state index contributed by atoms with van der Waals surface area (Å²) < 4.78 is 1.24. The number of likely N-dealkylation sites (N-methyl/N-ethyl adjacent to an activating group) is 1. The van der Waals surface area contributed by atoms with Crippen molar-refractivity contribution in [2.45, 2.75) is 32.4 Å². The second-order valence-corrected chi connectivity index (χ2v) is 7.30. The van der Waals surface area contributed by atoms with Crippen LogP contribution in [0, 0.1) is 0 Å². The van der Waals surface area contributed by atoms with Crippen LogP contribution in [0.15, 0.2) is 33.9 Å². The van der Waals surface area contributed by atoms with E-state index in [1.807, 2.05) is 25.2 Å². The molecule has 0 spiro atoms. The first-order chi connectivity index (χ1) is 12.4. The van der Waals surface area contributed by atoms with Gasteiger partial charge in [0.15, 0.2) is 6.04 Å². The third kappa shape index (κ3) is 2.31. The van der Waals surface area contributed by atoms with Gasteiger partial charge in [-0.1, -0.05) is 18.2 Å². The molecule has 7 heteroatoms. The van der Waals surface area contributed by atoms with E-state index in [2.05, 4.69) is 16.0 Å². The molecular formula is C19H23N4O3+. The molecule has 3 heterocycles. The standard InChI is InChI=1S/C19H22N4O3/c1-10(2)23-18(25)14(17(24)21-19(23)26)16-15-12(8-9-22(16)3)11-6-4-5-7-13(11)20-15/h4-7,10,16,20,25H,8-9H2,1-3H3,(H,21,24,26)/p+1/t16-/m1/s1. The molecular weight excluding hydrogens is 332 g/mol. The van der Waals surface area contributed by atoms with Gasteiger partial charge < -0.3 is 15.0 Å². The highest BCUT2D eigenvalue weighted by molar-refractivity contribution is 5.85. The molecule has 0 saturated heterocycles. The second-order valence-electron chi connectivity index (χ2n) is 7.30. The molecule has 0 fully saturated rings. The molecule has 0 radical (unpaired) electrons. The molecule has 26 heavy (non-hydrogen) atoms. The fraction of sp³-hybridized carbons (Fsp3) is 0.368. The highest BCUT2D eigenvalue weighted by Crippen LogP contribution is 2.32. The summed E-state index contributed by atoms with van der Waals surface area (Å²) in [5, 5.41) is 12.0. The van der Waals surface area contributed by atoms with Crippen molar-refractivity contribution >= 4 is 10.9 Å². The summed E-state index contributed by atoms with van der Waals surface area (Å²) in [5.74, 6) is -0.246. The van der Waals surface area contributed by atoms with Crippen LogP contribution in [0.2, 0.25) is 0 Å². The molecule has 4 N–H and O–H groups in total. The zero-order valence-corrected chi connectivity index (χ0v) is 15.1. The molecule has 136 valence electrons. The Morgan fingerprint density at radius 2 is 1.96 bits per heavy atom. The second kappa shape index (κ2) is 5.88. The van der Waals surface area contributed by atoms with E-state index in [0.717, 1.165) is 34.5 Å². The number of para-hydroxylation sites is 1. The van der Waals surface area contributed by atoms with E-state index in [9.17, 15) is 14.7 Å². The van der Waals surface area contributed by atoms with E-state index >= 15 is 0 Å². The fourth-order valence-corrected chi connectivity index (χ4v) is 4.13. The molecule has 1 aromatic carbocycles. The first kappa shape index (κ1) is 16.7. The number of nitrogens with zero attached hydrogens (tertiary/aromatic N) is 1. The monoisotopic (exact) mass is 355 g/mol. The Balaban J connectivity index is 2.02. The molecule has 0 bridgehead atoms. The predicted molar refractivity (Wildman–Crippen MR) is 99.0 cm³/mol. The Labute approximate surface area is 149 Å². The van der Waals surface area contributed by atoms with E-state index in [-0.39, 0.29) is 23.5 Å². The molecule has 0 saturated carbocycles. The molecule has 3 aromatic rings. The molecule has 1 aliphatic heterocycles. The summed E-state index contributed by atoms with van der Waals surface area (Å²) in [4.78, 5) is 31.7. The van der Waals surface area contributed by atoms with Crippen LogP contribution in [0.4, 0.5) is 0 Å². The molecule has 0 amide bonds.